The van der Waals surface area contributed by atoms with E-state index in [1.807, 2.05) is 50.2 Å². The molecule has 0 unspecified atom stereocenters. The van der Waals surface area contributed by atoms with E-state index in [4.69, 9.17) is 4.74 Å². The maximum Gasteiger partial charge on any atom is 0.243 e. The normalized spacial score (nSPS) is 11.6. The second-order valence-electron chi connectivity index (χ2n) is 7.34. The van der Waals surface area contributed by atoms with E-state index in [2.05, 4.69) is 15.5 Å². The van der Waals surface area contributed by atoms with Gasteiger partial charge < -0.3 is 9.64 Å². The second-order valence-corrected chi connectivity index (χ2v) is 9.28. The lowest BCUT2D eigenvalue weighted by atomic mass is 10.2. The molecule has 1 aromatic heterocycles. The lowest BCUT2D eigenvalue weighted by Crippen LogP contribution is -2.31. The summed E-state index contributed by atoms with van der Waals surface area (Å²) in [6, 6.07) is 12.6. The predicted molar refractivity (Wildman–Crippen MR) is 119 cm³/mol. The Hall–Kier alpha value is -2.98. The molecule has 0 aliphatic rings. The van der Waals surface area contributed by atoms with Crippen molar-refractivity contribution >= 4 is 15.7 Å². The maximum atomic E-state index is 13.5. The first kappa shape index (κ1) is 22.7. The summed E-state index contributed by atoms with van der Waals surface area (Å²) in [7, 11) is 1.70. The van der Waals surface area contributed by atoms with Gasteiger partial charge in [0.2, 0.25) is 10.0 Å². The van der Waals surface area contributed by atoms with Gasteiger partial charge in [-0.3, -0.25) is 0 Å². The van der Waals surface area contributed by atoms with Crippen molar-refractivity contribution in [1.82, 2.24) is 24.5 Å². The van der Waals surface area contributed by atoms with Crippen LogP contribution in [0.5, 0.6) is 5.75 Å². The van der Waals surface area contributed by atoms with Gasteiger partial charge in [-0.1, -0.05) is 25.5 Å². The predicted octanol–water partition coefficient (Wildman–Crippen LogP) is 2.73. The molecule has 0 spiro atoms. The van der Waals surface area contributed by atoms with E-state index in [9.17, 15) is 8.42 Å². The standard InChI is InChI=1S/C21H28N6O3S/c1-5-6-13-26(15-17-7-9-18(10-8-17)25(2)3)31(28,29)19-11-12-20(21(14-19)30-4)27-16-22-23-24-27/h7-12,14,16H,5-6,13,15H2,1-4H3. The van der Waals surface area contributed by atoms with Crippen LogP contribution in [-0.2, 0) is 16.6 Å². The first-order valence-electron chi connectivity index (χ1n) is 10.0. The number of aromatic nitrogens is 4. The first-order valence-corrected chi connectivity index (χ1v) is 11.5. The summed E-state index contributed by atoms with van der Waals surface area (Å²) >= 11 is 0. The molecule has 0 fully saturated rings. The number of rotatable bonds is 10. The summed E-state index contributed by atoms with van der Waals surface area (Å²) in [5.74, 6) is 0.374. The van der Waals surface area contributed by atoms with E-state index in [0.29, 0.717) is 24.5 Å². The number of methoxy groups -OCH3 is 1. The van der Waals surface area contributed by atoms with Crippen LogP contribution in [0.25, 0.3) is 5.69 Å². The fraction of sp³-hybridized carbons (Fsp3) is 0.381. The van der Waals surface area contributed by atoms with Crippen molar-refractivity contribution in [3.63, 3.8) is 0 Å². The minimum atomic E-state index is -3.73. The molecule has 0 atom stereocenters. The van der Waals surface area contributed by atoms with Crippen molar-refractivity contribution < 1.29 is 13.2 Å². The summed E-state index contributed by atoms with van der Waals surface area (Å²) in [6.45, 7) is 2.78. The summed E-state index contributed by atoms with van der Waals surface area (Å²) in [5.41, 5.74) is 2.56. The summed E-state index contributed by atoms with van der Waals surface area (Å²) in [5, 5.41) is 11.1. The van der Waals surface area contributed by atoms with E-state index >= 15 is 0 Å². The molecular formula is C21H28N6O3S. The molecule has 31 heavy (non-hydrogen) atoms. The molecule has 166 valence electrons. The average Bonchev–Trinajstić information content (AvgIpc) is 3.31. The van der Waals surface area contributed by atoms with Crippen LogP contribution in [0, 0.1) is 0 Å². The van der Waals surface area contributed by atoms with Gasteiger partial charge in [0.15, 0.2) is 0 Å². The Kier molecular flexibility index (Phi) is 7.24. The number of hydrogen-bond acceptors (Lipinski definition) is 7. The number of anilines is 1. The van der Waals surface area contributed by atoms with E-state index in [1.54, 1.807) is 12.1 Å². The Morgan fingerprint density at radius 2 is 1.84 bits per heavy atom. The van der Waals surface area contributed by atoms with Crippen LogP contribution in [0.4, 0.5) is 5.69 Å². The van der Waals surface area contributed by atoms with Crippen LogP contribution in [0.3, 0.4) is 0 Å². The lowest BCUT2D eigenvalue weighted by Gasteiger charge is -2.23. The second kappa shape index (κ2) is 9.88. The van der Waals surface area contributed by atoms with Gasteiger partial charge >= 0.3 is 0 Å². The largest absolute Gasteiger partial charge is 0.494 e. The zero-order chi connectivity index (χ0) is 22.4. The Bertz CT molecular complexity index is 1080. The van der Waals surface area contributed by atoms with Gasteiger partial charge in [-0.25, -0.2) is 8.42 Å². The zero-order valence-electron chi connectivity index (χ0n) is 18.3. The van der Waals surface area contributed by atoms with Crippen LogP contribution in [0.15, 0.2) is 53.7 Å². The number of tetrazole rings is 1. The number of sulfonamides is 1. The molecule has 3 aromatic rings. The van der Waals surface area contributed by atoms with Crippen molar-refractivity contribution in [3.8, 4) is 11.4 Å². The highest BCUT2D eigenvalue weighted by molar-refractivity contribution is 7.89. The zero-order valence-corrected chi connectivity index (χ0v) is 19.1. The van der Waals surface area contributed by atoms with Crippen molar-refractivity contribution in [3.05, 3.63) is 54.4 Å². The van der Waals surface area contributed by atoms with Crippen LogP contribution in [0.2, 0.25) is 0 Å². The molecule has 0 radical (unpaired) electrons. The van der Waals surface area contributed by atoms with Gasteiger partial charge in [-0.2, -0.15) is 8.99 Å². The Morgan fingerprint density at radius 3 is 2.42 bits per heavy atom. The molecule has 0 amide bonds. The number of unbranched alkanes of at least 4 members (excludes halogenated alkanes) is 1. The van der Waals surface area contributed by atoms with Gasteiger partial charge in [0.05, 0.1) is 12.0 Å². The van der Waals surface area contributed by atoms with Crippen LogP contribution < -0.4 is 9.64 Å². The number of ether oxygens (including phenoxy) is 1. The van der Waals surface area contributed by atoms with Gasteiger partial charge in [-0.15, -0.1) is 5.10 Å². The number of benzene rings is 2. The molecular weight excluding hydrogens is 416 g/mol. The molecule has 10 heteroatoms. The third kappa shape index (κ3) is 5.20. The van der Waals surface area contributed by atoms with Gasteiger partial charge in [-0.05, 0) is 46.7 Å². The molecule has 1 heterocycles. The van der Waals surface area contributed by atoms with E-state index in [-0.39, 0.29) is 4.90 Å². The Balaban J connectivity index is 1.92. The SMILES string of the molecule is CCCCN(Cc1ccc(N(C)C)cc1)S(=O)(=O)c1ccc(-n2cnnn2)c(OC)c1. The monoisotopic (exact) mass is 444 g/mol. The van der Waals surface area contributed by atoms with E-state index in [0.717, 1.165) is 24.1 Å². The van der Waals surface area contributed by atoms with E-state index < -0.39 is 10.0 Å². The van der Waals surface area contributed by atoms with Crippen LogP contribution in [-0.4, -0.2) is 60.7 Å². The molecule has 0 aliphatic carbocycles. The van der Waals surface area contributed by atoms with Gasteiger partial charge in [0, 0.05) is 38.9 Å². The molecule has 3 rings (SSSR count). The minimum absolute atomic E-state index is 0.169. The highest BCUT2D eigenvalue weighted by atomic mass is 32.2. The molecule has 0 saturated carbocycles. The number of nitrogens with zero attached hydrogens (tertiary/aromatic N) is 6. The van der Waals surface area contributed by atoms with Gasteiger partial charge in [0.25, 0.3) is 0 Å². The Morgan fingerprint density at radius 1 is 1.10 bits per heavy atom. The molecule has 0 N–H and O–H groups in total. The summed E-state index contributed by atoms with van der Waals surface area (Å²) < 4.78 is 35.4. The highest BCUT2D eigenvalue weighted by Gasteiger charge is 2.26. The lowest BCUT2D eigenvalue weighted by molar-refractivity contribution is 0.395. The fourth-order valence-corrected chi connectivity index (χ4v) is 4.63. The van der Waals surface area contributed by atoms with E-state index in [1.165, 1.54) is 28.5 Å². The van der Waals surface area contributed by atoms with Crippen molar-refractivity contribution in [2.75, 3.05) is 32.6 Å². The summed E-state index contributed by atoms with van der Waals surface area (Å²) in [6.07, 6.45) is 3.10. The van der Waals surface area contributed by atoms with Gasteiger partial charge in [0.1, 0.15) is 17.8 Å². The van der Waals surface area contributed by atoms with Crippen molar-refractivity contribution in [2.45, 2.75) is 31.2 Å². The van der Waals surface area contributed by atoms with Crippen LogP contribution >= 0.6 is 0 Å². The molecule has 9 nitrogen and oxygen atoms in total. The first-order chi connectivity index (χ1) is 14.9. The summed E-state index contributed by atoms with van der Waals surface area (Å²) in [4.78, 5) is 2.18. The minimum Gasteiger partial charge on any atom is -0.494 e. The molecule has 0 aliphatic heterocycles. The topological polar surface area (TPSA) is 93.5 Å². The average molecular weight is 445 g/mol. The van der Waals surface area contributed by atoms with Crippen LogP contribution in [0.1, 0.15) is 25.3 Å². The van der Waals surface area contributed by atoms with Crippen molar-refractivity contribution in [1.29, 1.82) is 0 Å². The quantitative estimate of drug-likeness (QED) is 0.475. The van der Waals surface area contributed by atoms with Crippen molar-refractivity contribution in [2.24, 2.45) is 0 Å². The Labute approximate surface area is 183 Å². The molecule has 2 aromatic carbocycles. The third-order valence-electron chi connectivity index (χ3n) is 4.96. The maximum absolute atomic E-state index is 13.5. The fourth-order valence-electron chi connectivity index (χ4n) is 3.15. The highest BCUT2D eigenvalue weighted by Crippen LogP contribution is 2.28. The molecule has 0 saturated heterocycles. The molecule has 0 bridgehead atoms. The smallest absolute Gasteiger partial charge is 0.243 e. The number of hydrogen-bond donors (Lipinski definition) is 0. The third-order valence-corrected chi connectivity index (χ3v) is 6.80.